The van der Waals surface area contributed by atoms with E-state index >= 15 is 0 Å². The lowest BCUT2D eigenvalue weighted by molar-refractivity contribution is -0.116. The molecule has 0 saturated heterocycles. The van der Waals surface area contributed by atoms with E-state index < -0.39 is 5.38 Å². The molecule has 1 aromatic carbocycles. The Morgan fingerprint density at radius 1 is 1.64 bits per heavy atom. The minimum atomic E-state index is -0.723. The minimum Gasteiger partial charge on any atom is -0.298 e. The molecule has 14 heavy (non-hydrogen) atoms. The zero-order valence-electron chi connectivity index (χ0n) is 7.42. The van der Waals surface area contributed by atoms with Crippen molar-refractivity contribution in [3.63, 3.8) is 0 Å². The summed E-state index contributed by atoms with van der Waals surface area (Å²) in [7, 11) is 0. The number of Topliss-reactive ketones (excluding diaryl/α,β-unsaturated/α-hetero) is 1. The van der Waals surface area contributed by atoms with Crippen LogP contribution in [-0.4, -0.2) is 5.78 Å². The van der Waals surface area contributed by atoms with Crippen molar-refractivity contribution >= 4 is 40.0 Å². The lowest BCUT2D eigenvalue weighted by Gasteiger charge is -2.08. The molecule has 0 aromatic heterocycles. The van der Waals surface area contributed by atoms with Crippen LogP contribution in [0.15, 0.2) is 18.2 Å². The van der Waals surface area contributed by atoms with Crippen LogP contribution in [-0.2, 0) is 4.79 Å². The molecule has 1 rings (SSSR count). The quantitative estimate of drug-likeness (QED) is 0.621. The van der Waals surface area contributed by atoms with E-state index in [0.29, 0.717) is 11.1 Å². The fourth-order valence-electron chi connectivity index (χ4n) is 1.06. The van der Waals surface area contributed by atoms with Gasteiger partial charge < -0.3 is 0 Å². The number of benzene rings is 1. The van der Waals surface area contributed by atoms with Crippen molar-refractivity contribution in [1.29, 1.82) is 5.26 Å². The van der Waals surface area contributed by atoms with Gasteiger partial charge in [0.2, 0.25) is 0 Å². The summed E-state index contributed by atoms with van der Waals surface area (Å²) in [5.74, 6) is -0.148. The summed E-state index contributed by atoms with van der Waals surface area (Å²) in [6, 6.07) is 7.27. The predicted molar refractivity (Wildman–Crippen MR) is 63.1 cm³/mol. The van der Waals surface area contributed by atoms with Crippen molar-refractivity contribution in [2.24, 2.45) is 0 Å². The third-order valence-electron chi connectivity index (χ3n) is 1.76. The van der Waals surface area contributed by atoms with E-state index in [0.717, 1.165) is 3.57 Å². The SMILES string of the molecule is CC(=O)C(Cl)c1cc(I)ccc1C#N. The molecule has 0 heterocycles. The van der Waals surface area contributed by atoms with Gasteiger partial charge in [0.05, 0.1) is 11.6 Å². The molecular formula is C10H7ClINO. The number of alkyl halides is 1. The molecule has 4 heteroatoms. The van der Waals surface area contributed by atoms with Crippen LogP contribution < -0.4 is 0 Å². The van der Waals surface area contributed by atoms with Gasteiger partial charge in [-0.2, -0.15) is 5.26 Å². The first kappa shape index (κ1) is 11.5. The van der Waals surface area contributed by atoms with Crippen molar-refractivity contribution < 1.29 is 4.79 Å². The van der Waals surface area contributed by atoms with E-state index in [1.54, 1.807) is 12.1 Å². The van der Waals surface area contributed by atoms with E-state index in [4.69, 9.17) is 16.9 Å². The average Bonchev–Trinajstić information content (AvgIpc) is 2.16. The summed E-state index contributed by atoms with van der Waals surface area (Å²) < 4.78 is 0.962. The molecule has 0 radical (unpaired) electrons. The van der Waals surface area contributed by atoms with Gasteiger partial charge in [-0.05, 0) is 53.3 Å². The number of hydrogen-bond donors (Lipinski definition) is 0. The van der Waals surface area contributed by atoms with Crippen LogP contribution in [0.2, 0.25) is 0 Å². The maximum absolute atomic E-state index is 11.1. The Labute approximate surface area is 101 Å². The van der Waals surface area contributed by atoms with E-state index in [2.05, 4.69) is 22.6 Å². The summed E-state index contributed by atoms with van der Waals surface area (Å²) in [6.45, 7) is 1.42. The number of rotatable bonds is 2. The van der Waals surface area contributed by atoms with Crippen LogP contribution in [0, 0.1) is 14.9 Å². The molecule has 0 fully saturated rings. The lowest BCUT2D eigenvalue weighted by atomic mass is 10.0. The Balaban J connectivity index is 3.25. The number of carbonyl (C=O) groups excluding carboxylic acids is 1. The standard InChI is InChI=1S/C10H7ClINO/c1-6(14)10(11)9-4-8(12)3-2-7(9)5-13/h2-4,10H,1H3. The summed E-state index contributed by atoms with van der Waals surface area (Å²) >= 11 is 8.01. The van der Waals surface area contributed by atoms with Crippen molar-refractivity contribution in [2.45, 2.75) is 12.3 Å². The first-order chi connectivity index (χ1) is 6.56. The summed E-state index contributed by atoms with van der Waals surface area (Å²) in [6.07, 6.45) is 0. The maximum atomic E-state index is 11.1. The van der Waals surface area contributed by atoms with Crippen LogP contribution in [0.5, 0.6) is 0 Å². The van der Waals surface area contributed by atoms with Gasteiger partial charge >= 0.3 is 0 Å². The monoisotopic (exact) mass is 319 g/mol. The Kier molecular flexibility index (Phi) is 3.90. The average molecular weight is 320 g/mol. The van der Waals surface area contributed by atoms with Gasteiger partial charge in [0.25, 0.3) is 0 Å². The van der Waals surface area contributed by atoms with E-state index in [1.807, 2.05) is 12.1 Å². The van der Waals surface area contributed by atoms with Crippen LogP contribution in [0.4, 0.5) is 0 Å². The minimum absolute atomic E-state index is 0.148. The molecule has 1 aromatic rings. The van der Waals surface area contributed by atoms with Gasteiger partial charge in [0.15, 0.2) is 5.78 Å². The van der Waals surface area contributed by atoms with E-state index in [9.17, 15) is 4.79 Å². The van der Waals surface area contributed by atoms with Gasteiger partial charge in [-0.1, -0.05) is 0 Å². The Morgan fingerprint density at radius 3 is 2.79 bits per heavy atom. The van der Waals surface area contributed by atoms with Crippen molar-refractivity contribution in [2.75, 3.05) is 0 Å². The van der Waals surface area contributed by atoms with E-state index in [-0.39, 0.29) is 5.78 Å². The largest absolute Gasteiger partial charge is 0.298 e. The van der Waals surface area contributed by atoms with Gasteiger partial charge in [-0.3, -0.25) is 4.79 Å². The molecular weight excluding hydrogens is 312 g/mol. The zero-order chi connectivity index (χ0) is 10.7. The number of ketones is 1. The molecule has 0 aliphatic heterocycles. The molecule has 1 atom stereocenters. The Morgan fingerprint density at radius 2 is 2.29 bits per heavy atom. The number of hydrogen-bond acceptors (Lipinski definition) is 2. The van der Waals surface area contributed by atoms with Crippen molar-refractivity contribution in [3.05, 3.63) is 32.9 Å². The molecule has 0 bridgehead atoms. The molecule has 1 unspecified atom stereocenters. The lowest BCUT2D eigenvalue weighted by Crippen LogP contribution is -2.04. The highest BCUT2D eigenvalue weighted by molar-refractivity contribution is 14.1. The second-order valence-corrected chi connectivity index (χ2v) is 4.50. The third kappa shape index (κ3) is 2.46. The number of carbonyl (C=O) groups is 1. The summed E-state index contributed by atoms with van der Waals surface area (Å²) in [5.41, 5.74) is 1.05. The van der Waals surface area contributed by atoms with Crippen LogP contribution in [0.1, 0.15) is 23.4 Å². The molecule has 2 nitrogen and oxygen atoms in total. The molecule has 0 saturated carbocycles. The molecule has 72 valence electrons. The summed E-state index contributed by atoms with van der Waals surface area (Å²) in [5, 5.41) is 8.09. The molecule has 0 N–H and O–H groups in total. The smallest absolute Gasteiger partial charge is 0.152 e. The van der Waals surface area contributed by atoms with Crippen LogP contribution >= 0.6 is 34.2 Å². The topological polar surface area (TPSA) is 40.9 Å². The fourth-order valence-corrected chi connectivity index (χ4v) is 1.76. The fraction of sp³-hybridized carbons (Fsp3) is 0.200. The van der Waals surface area contributed by atoms with Crippen molar-refractivity contribution in [3.8, 4) is 6.07 Å². The highest BCUT2D eigenvalue weighted by Crippen LogP contribution is 2.26. The normalized spacial score (nSPS) is 11.9. The second kappa shape index (κ2) is 4.76. The van der Waals surface area contributed by atoms with Gasteiger partial charge in [-0.15, -0.1) is 11.6 Å². The highest BCUT2D eigenvalue weighted by atomic mass is 127. The van der Waals surface area contributed by atoms with Crippen molar-refractivity contribution in [1.82, 2.24) is 0 Å². The first-order valence-corrected chi connectivity index (χ1v) is 5.42. The van der Waals surface area contributed by atoms with Gasteiger partial charge in [0, 0.05) is 3.57 Å². The number of nitriles is 1. The maximum Gasteiger partial charge on any atom is 0.152 e. The van der Waals surface area contributed by atoms with Crippen LogP contribution in [0.3, 0.4) is 0 Å². The molecule has 0 aliphatic rings. The van der Waals surface area contributed by atoms with Gasteiger partial charge in [0.1, 0.15) is 5.38 Å². The number of nitrogens with zero attached hydrogens (tertiary/aromatic N) is 1. The predicted octanol–water partition coefficient (Wildman–Crippen LogP) is 3.03. The zero-order valence-corrected chi connectivity index (χ0v) is 10.3. The van der Waals surface area contributed by atoms with Gasteiger partial charge in [-0.25, -0.2) is 0 Å². The van der Waals surface area contributed by atoms with E-state index in [1.165, 1.54) is 6.92 Å². The summed E-state index contributed by atoms with van der Waals surface area (Å²) in [4.78, 5) is 11.1. The first-order valence-electron chi connectivity index (χ1n) is 3.90. The molecule has 0 aliphatic carbocycles. The Hall–Kier alpha value is -0.600. The molecule has 0 amide bonds. The third-order valence-corrected chi connectivity index (χ3v) is 2.98. The van der Waals surface area contributed by atoms with Crippen LogP contribution in [0.25, 0.3) is 0 Å². The Bertz CT molecular complexity index is 411. The number of halogens is 2. The highest BCUT2D eigenvalue weighted by Gasteiger charge is 2.17. The molecule has 0 spiro atoms. The second-order valence-electron chi connectivity index (χ2n) is 2.82.